The lowest BCUT2D eigenvalue weighted by atomic mass is 10.1. The summed E-state index contributed by atoms with van der Waals surface area (Å²) in [4.78, 5) is 24.9. The molecule has 8 heteroatoms. The Bertz CT molecular complexity index is 1470. The second kappa shape index (κ2) is 9.79. The summed E-state index contributed by atoms with van der Waals surface area (Å²) >= 11 is 0. The van der Waals surface area contributed by atoms with Gasteiger partial charge in [0.15, 0.2) is 0 Å². The average Bonchev–Trinajstić information content (AvgIpc) is 3.16. The van der Waals surface area contributed by atoms with E-state index in [2.05, 4.69) is 15.8 Å². The van der Waals surface area contributed by atoms with Crippen LogP contribution >= 0.6 is 0 Å². The average molecular weight is 453 g/mol. The van der Waals surface area contributed by atoms with Crippen LogP contribution in [-0.4, -0.2) is 22.6 Å². The highest BCUT2D eigenvalue weighted by Gasteiger charge is 2.13. The highest BCUT2D eigenvalue weighted by atomic mass is 19.1. The fourth-order valence-corrected chi connectivity index (χ4v) is 3.58. The minimum absolute atomic E-state index is 0.0884. The summed E-state index contributed by atoms with van der Waals surface area (Å²) in [6, 6.07) is 20.5. The number of hydrazone groups is 1. The molecule has 0 radical (unpaired) electrons. The van der Waals surface area contributed by atoms with Crippen LogP contribution in [0.5, 0.6) is 0 Å². The number of amides is 2. The zero-order valence-electron chi connectivity index (χ0n) is 18.2. The molecule has 7 nitrogen and oxygen atoms in total. The molecule has 0 bridgehead atoms. The summed E-state index contributed by atoms with van der Waals surface area (Å²) < 4.78 is 15.8. The molecule has 0 saturated heterocycles. The van der Waals surface area contributed by atoms with E-state index < -0.39 is 11.7 Å². The van der Waals surface area contributed by atoms with Gasteiger partial charge in [0, 0.05) is 28.4 Å². The Morgan fingerprint density at radius 2 is 1.94 bits per heavy atom. The third kappa shape index (κ3) is 5.00. The lowest BCUT2D eigenvalue weighted by Gasteiger charge is -2.08. The third-order valence-corrected chi connectivity index (χ3v) is 5.15. The minimum atomic E-state index is -0.803. The van der Waals surface area contributed by atoms with Gasteiger partial charge in [0.2, 0.25) is 5.91 Å². The molecule has 168 valence electrons. The first-order valence-electron chi connectivity index (χ1n) is 10.4. The lowest BCUT2D eigenvalue weighted by Crippen LogP contribution is -2.19. The zero-order chi connectivity index (χ0) is 24.1. The van der Waals surface area contributed by atoms with E-state index >= 15 is 0 Å². The van der Waals surface area contributed by atoms with Crippen LogP contribution in [0.2, 0.25) is 0 Å². The smallest absolute Gasteiger partial charge is 0.274 e. The highest BCUT2D eigenvalue weighted by Crippen LogP contribution is 2.20. The molecule has 1 aromatic heterocycles. The van der Waals surface area contributed by atoms with Crippen molar-refractivity contribution >= 4 is 34.6 Å². The van der Waals surface area contributed by atoms with Gasteiger partial charge >= 0.3 is 0 Å². The fraction of sp³-hybridized carbons (Fsp3) is 0.0769. The van der Waals surface area contributed by atoms with Crippen LogP contribution < -0.4 is 10.7 Å². The number of halogens is 1. The summed E-state index contributed by atoms with van der Waals surface area (Å²) in [5.74, 6) is -1.72. The number of carbonyl (C=O) groups excluding carboxylic acids is 2. The topological polar surface area (TPSA) is 99.3 Å². The molecule has 34 heavy (non-hydrogen) atoms. The number of benzene rings is 3. The monoisotopic (exact) mass is 453 g/mol. The number of hydrogen-bond acceptors (Lipinski definition) is 4. The van der Waals surface area contributed by atoms with Crippen molar-refractivity contribution in [2.24, 2.45) is 5.10 Å². The van der Waals surface area contributed by atoms with Gasteiger partial charge in [-0.25, -0.2) is 9.82 Å². The zero-order valence-corrected chi connectivity index (χ0v) is 18.2. The van der Waals surface area contributed by atoms with Gasteiger partial charge in [-0.3, -0.25) is 9.59 Å². The lowest BCUT2D eigenvalue weighted by molar-refractivity contribution is -0.116. The van der Waals surface area contributed by atoms with Crippen LogP contribution in [0.1, 0.15) is 27.0 Å². The number of nitrogens with one attached hydrogen (secondary N) is 2. The van der Waals surface area contributed by atoms with Gasteiger partial charge in [-0.1, -0.05) is 30.3 Å². The summed E-state index contributed by atoms with van der Waals surface area (Å²) in [5, 5.41) is 16.5. The Morgan fingerprint density at radius 3 is 2.71 bits per heavy atom. The number of carbonyl (C=O) groups is 2. The van der Waals surface area contributed by atoms with Crippen LogP contribution in [0.15, 0.2) is 78.0 Å². The number of fused-ring (bicyclic) bond motifs is 1. The van der Waals surface area contributed by atoms with E-state index in [1.807, 2.05) is 61.5 Å². The van der Waals surface area contributed by atoms with E-state index in [1.54, 1.807) is 10.8 Å². The molecule has 2 amide bonds. The number of aryl methyl sites for hydroxylation is 1. The maximum absolute atomic E-state index is 14.0. The van der Waals surface area contributed by atoms with Gasteiger partial charge in [-0.2, -0.15) is 10.4 Å². The molecule has 0 saturated carbocycles. The van der Waals surface area contributed by atoms with E-state index in [1.165, 1.54) is 18.3 Å². The molecule has 0 aliphatic rings. The number of nitriles is 1. The van der Waals surface area contributed by atoms with Crippen LogP contribution in [0.4, 0.5) is 10.1 Å². The van der Waals surface area contributed by atoms with Crippen molar-refractivity contribution in [2.75, 3.05) is 5.32 Å². The molecule has 4 rings (SSSR count). The highest BCUT2D eigenvalue weighted by molar-refractivity contribution is 6.01. The molecular weight excluding hydrogens is 433 g/mol. The second-order valence-electron chi connectivity index (χ2n) is 7.65. The molecule has 0 aliphatic carbocycles. The van der Waals surface area contributed by atoms with Crippen molar-refractivity contribution in [2.45, 2.75) is 13.5 Å². The van der Waals surface area contributed by atoms with E-state index in [4.69, 9.17) is 5.26 Å². The Hall–Kier alpha value is -4.77. The third-order valence-electron chi connectivity index (χ3n) is 5.15. The number of anilines is 1. The van der Waals surface area contributed by atoms with Crippen LogP contribution in [-0.2, 0) is 11.3 Å². The van der Waals surface area contributed by atoms with Crippen LogP contribution in [0.25, 0.3) is 10.9 Å². The minimum Gasteiger partial charge on any atom is -0.337 e. The van der Waals surface area contributed by atoms with E-state index in [0.717, 1.165) is 28.2 Å². The number of nitrogens with zero attached hydrogens (tertiary/aromatic N) is 3. The van der Waals surface area contributed by atoms with Gasteiger partial charge in [0.05, 0.1) is 23.4 Å². The molecular formula is C26H20FN5O2. The van der Waals surface area contributed by atoms with Gasteiger partial charge < -0.3 is 9.88 Å². The van der Waals surface area contributed by atoms with Gasteiger partial charge in [0.1, 0.15) is 12.4 Å². The van der Waals surface area contributed by atoms with Gasteiger partial charge in [-0.05, 0) is 48.9 Å². The predicted molar refractivity (Wildman–Crippen MR) is 128 cm³/mol. The molecule has 0 spiro atoms. The SMILES string of the molecule is Cc1cccc(NC(=O)Cn2cc(/C=N\NC(=O)c3ccc(C#N)cc3F)c3ccccc32)c1. The van der Waals surface area contributed by atoms with Crippen molar-refractivity contribution in [1.82, 2.24) is 9.99 Å². The first kappa shape index (κ1) is 22.4. The quantitative estimate of drug-likeness (QED) is 0.335. The van der Waals surface area contributed by atoms with E-state index in [-0.39, 0.29) is 23.6 Å². The molecule has 0 atom stereocenters. The number of aromatic nitrogens is 1. The van der Waals surface area contributed by atoms with Crippen molar-refractivity contribution in [3.05, 3.63) is 101 Å². The molecule has 2 N–H and O–H groups in total. The summed E-state index contributed by atoms with van der Waals surface area (Å²) in [5.41, 5.74) is 5.48. The Balaban J connectivity index is 1.50. The normalized spacial score (nSPS) is 10.9. The van der Waals surface area contributed by atoms with Gasteiger partial charge in [0.25, 0.3) is 5.91 Å². The molecule has 4 aromatic rings. The molecule has 3 aromatic carbocycles. The van der Waals surface area contributed by atoms with Gasteiger partial charge in [-0.15, -0.1) is 0 Å². The maximum atomic E-state index is 14.0. The largest absolute Gasteiger partial charge is 0.337 e. The van der Waals surface area contributed by atoms with E-state index in [0.29, 0.717) is 5.56 Å². The van der Waals surface area contributed by atoms with Crippen molar-refractivity contribution in [3.8, 4) is 6.07 Å². The van der Waals surface area contributed by atoms with Crippen LogP contribution in [0, 0.1) is 24.1 Å². The second-order valence-corrected chi connectivity index (χ2v) is 7.65. The van der Waals surface area contributed by atoms with Crippen molar-refractivity contribution < 1.29 is 14.0 Å². The van der Waals surface area contributed by atoms with Crippen molar-refractivity contribution in [1.29, 1.82) is 5.26 Å². The van der Waals surface area contributed by atoms with Crippen LogP contribution in [0.3, 0.4) is 0 Å². The van der Waals surface area contributed by atoms with Crippen molar-refractivity contribution in [3.63, 3.8) is 0 Å². The Kier molecular flexibility index (Phi) is 6.46. The Morgan fingerprint density at radius 1 is 1.12 bits per heavy atom. The first-order chi connectivity index (χ1) is 16.4. The predicted octanol–water partition coefficient (Wildman–Crippen LogP) is 4.36. The summed E-state index contributed by atoms with van der Waals surface area (Å²) in [6.45, 7) is 2.04. The number of rotatable bonds is 6. The molecule has 0 aliphatic heterocycles. The maximum Gasteiger partial charge on any atom is 0.274 e. The molecule has 0 fully saturated rings. The standard InChI is InChI=1S/C26H20FN5O2/c1-17-5-4-6-20(11-17)30-25(33)16-32-15-19(21-7-2-3-8-24(21)32)14-29-31-26(34)22-10-9-18(13-28)12-23(22)27/h2-12,14-15H,16H2,1H3,(H,30,33)(H,31,34)/b29-14-. The summed E-state index contributed by atoms with van der Waals surface area (Å²) in [7, 11) is 0. The summed E-state index contributed by atoms with van der Waals surface area (Å²) in [6.07, 6.45) is 3.20. The molecule has 0 unspecified atom stereocenters. The first-order valence-corrected chi connectivity index (χ1v) is 10.4. The van der Waals surface area contributed by atoms with E-state index in [9.17, 15) is 14.0 Å². The number of para-hydroxylation sites is 1. The Labute approximate surface area is 195 Å². The molecule has 1 heterocycles. The fourth-order valence-electron chi connectivity index (χ4n) is 3.58. The number of hydrogen-bond donors (Lipinski definition) is 2.